The topological polar surface area (TPSA) is 152 Å². The van der Waals surface area contributed by atoms with Crippen LogP contribution in [0.1, 0.15) is 6.42 Å². The van der Waals surface area contributed by atoms with Crippen LogP contribution in [-0.4, -0.2) is 70.2 Å². The van der Waals surface area contributed by atoms with E-state index in [-0.39, 0.29) is 0 Å². The second-order valence-corrected chi connectivity index (χ2v) is 4.82. The third kappa shape index (κ3) is 8.56. The molecule has 10 heteroatoms. The molecule has 0 aliphatic rings. The standard InChI is InChI=1S/C7H13NO8S/c9-5(1-2-17(14,15)16)8(3-6(10)11)4-7(12)13/h5,9H,1-4H2,(H,10,11)(H,12,13)(H,14,15,16). The largest absolute Gasteiger partial charge is 0.480 e. The van der Waals surface area contributed by atoms with Gasteiger partial charge in [-0.15, -0.1) is 0 Å². The monoisotopic (exact) mass is 271 g/mol. The van der Waals surface area contributed by atoms with Crippen molar-refractivity contribution >= 4 is 22.1 Å². The normalized spacial score (nSPS) is 13.6. The van der Waals surface area contributed by atoms with E-state index < -0.39 is 53.5 Å². The molecule has 9 nitrogen and oxygen atoms in total. The maximum atomic E-state index is 10.4. The third-order valence-electron chi connectivity index (χ3n) is 1.73. The number of hydrogen-bond acceptors (Lipinski definition) is 6. The summed E-state index contributed by atoms with van der Waals surface area (Å²) in [4.78, 5) is 21.4. The molecule has 0 aromatic heterocycles. The molecule has 0 saturated heterocycles. The van der Waals surface area contributed by atoms with Crippen LogP contribution < -0.4 is 0 Å². The summed E-state index contributed by atoms with van der Waals surface area (Å²) in [5.74, 6) is -3.52. The first-order valence-electron chi connectivity index (χ1n) is 4.42. The summed E-state index contributed by atoms with van der Waals surface area (Å²) in [6.07, 6.45) is -2.07. The van der Waals surface area contributed by atoms with Crippen molar-refractivity contribution in [1.82, 2.24) is 4.90 Å². The van der Waals surface area contributed by atoms with Crippen LogP contribution in [0, 0.1) is 0 Å². The molecule has 4 N–H and O–H groups in total. The molecule has 0 amide bonds. The van der Waals surface area contributed by atoms with E-state index in [1.54, 1.807) is 0 Å². The van der Waals surface area contributed by atoms with Crippen molar-refractivity contribution < 1.29 is 37.9 Å². The molecular weight excluding hydrogens is 258 g/mol. The van der Waals surface area contributed by atoms with Gasteiger partial charge in [0.15, 0.2) is 0 Å². The van der Waals surface area contributed by atoms with Crippen LogP contribution in [0.3, 0.4) is 0 Å². The van der Waals surface area contributed by atoms with E-state index in [2.05, 4.69) is 0 Å². The molecule has 0 rings (SSSR count). The molecule has 17 heavy (non-hydrogen) atoms. The summed E-state index contributed by atoms with van der Waals surface area (Å²) in [6.45, 7) is -1.50. The Balaban J connectivity index is 4.46. The van der Waals surface area contributed by atoms with E-state index in [1.165, 1.54) is 0 Å². The highest BCUT2D eigenvalue weighted by atomic mass is 32.2. The molecule has 1 unspecified atom stereocenters. The van der Waals surface area contributed by atoms with Crippen LogP contribution in [0.4, 0.5) is 0 Å². The summed E-state index contributed by atoms with van der Waals surface area (Å²) < 4.78 is 29.2. The van der Waals surface area contributed by atoms with Crippen LogP contribution in [0.15, 0.2) is 0 Å². The molecule has 0 saturated carbocycles. The molecule has 0 heterocycles. The Bertz CT molecular complexity index is 361. The first kappa shape index (κ1) is 15.8. The molecule has 0 radical (unpaired) electrons. The number of carbonyl (C=O) groups is 2. The summed E-state index contributed by atoms with van der Waals surface area (Å²) in [5.41, 5.74) is 0. The van der Waals surface area contributed by atoms with Gasteiger partial charge in [0, 0.05) is 6.42 Å². The zero-order valence-corrected chi connectivity index (χ0v) is 9.50. The van der Waals surface area contributed by atoms with Gasteiger partial charge in [0.2, 0.25) is 0 Å². The summed E-state index contributed by atoms with van der Waals surface area (Å²) >= 11 is 0. The van der Waals surface area contributed by atoms with Crippen LogP contribution >= 0.6 is 0 Å². The minimum atomic E-state index is -4.29. The van der Waals surface area contributed by atoms with E-state index in [4.69, 9.17) is 14.8 Å². The third-order valence-corrected chi connectivity index (χ3v) is 2.48. The lowest BCUT2D eigenvalue weighted by atomic mass is 10.3. The van der Waals surface area contributed by atoms with Gasteiger partial charge in [0.1, 0.15) is 6.23 Å². The summed E-state index contributed by atoms with van der Waals surface area (Å²) in [5, 5.41) is 26.3. The van der Waals surface area contributed by atoms with Crippen LogP contribution in [-0.2, 0) is 19.7 Å². The van der Waals surface area contributed by atoms with Crippen molar-refractivity contribution in [3.05, 3.63) is 0 Å². The number of aliphatic hydroxyl groups is 1. The number of nitrogens with zero attached hydrogens (tertiary/aromatic N) is 1. The molecule has 0 bridgehead atoms. The second-order valence-electron chi connectivity index (χ2n) is 3.25. The molecule has 100 valence electrons. The second kappa shape index (κ2) is 6.49. The van der Waals surface area contributed by atoms with Gasteiger partial charge in [0.25, 0.3) is 10.1 Å². The van der Waals surface area contributed by atoms with E-state index in [0.717, 1.165) is 0 Å². The Labute approximate surface area is 97.0 Å². The van der Waals surface area contributed by atoms with Crippen LogP contribution in [0.2, 0.25) is 0 Å². The van der Waals surface area contributed by atoms with Gasteiger partial charge in [0.05, 0.1) is 18.8 Å². The van der Waals surface area contributed by atoms with Crippen molar-refractivity contribution in [3.8, 4) is 0 Å². The molecule has 0 fully saturated rings. The Hall–Kier alpha value is -1.23. The van der Waals surface area contributed by atoms with Gasteiger partial charge in [-0.3, -0.25) is 19.0 Å². The van der Waals surface area contributed by atoms with Crippen molar-refractivity contribution in [2.24, 2.45) is 0 Å². The Kier molecular flexibility index (Phi) is 6.02. The quantitative estimate of drug-likeness (QED) is 0.291. The van der Waals surface area contributed by atoms with Crippen molar-refractivity contribution in [2.45, 2.75) is 12.6 Å². The average molecular weight is 271 g/mol. The minimum Gasteiger partial charge on any atom is -0.480 e. The Morgan fingerprint density at radius 3 is 1.82 bits per heavy atom. The highest BCUT2D eigenvalue weighted by Gasteiger charge is 2.22. The number of aliphatic hydroxyl groups excluding tert-OH is 1. The number of rotatable bonds is 8. The zero-order valence-electron chi connectivity index (χ0n) is 8.68. The van der Waals surface area contributed by atoms with Gasteiger partial charge < -0.3 is 15.3 Å². The molecule has 0 aromatic rings. The minimum absolute atomic E-state index is 0.487. The molecule has 0 aliphatic carbocycles. The maximum Gasteiger partial charge on any atom is 0.317 e. The first-order valence-corrected chi connectivity index (χ1v) is 6.03. The first-order chi connectivity index (χ1) is 7.61. The smallest absolute Gasteiger partial charge is 0.317 e. The lowest BCUT2D eigenvalue weighted by molar-refractivity contribution is -0.147. The lowest BCUT2D eigenvalue weighted by Crippen LogP contribution is -2.43. The number of aliphatic carboxylic acids is 2. The highest BCUT2D eigenvalue weighted by molar-refractivity contribution is 7.85. The van der Waals surface area contributed by atoms with E-state index in [9.17, 15) is 23.1 Å². The summed E-state index contributed by atoms with van der Waals surface area (Å²) in [7, 11) is -4.29. The molecule has 0 aliphatic heterocycles. The van der Waals surface area contributed by atoms with Gasteiger partial charge in [-0.2, -0.15) is 8.42 Å². The number of hydrogen-bond donors (Lipinski definition) is 4. The predicted octanol–water partition coefficient (Wildman–Crippen LogP) is -1.95. The lowest BCUT2D eigenvalue weighted by Gasteiger charge is -2.23. The van der Waals surface area contributed by atoms with E-state index >= 15 is 0 Å². The van der Waals surface area contributed by atoms with Crippen molar-refractivity contribution in [1.29, 1.82) is 0 Å². The van der Waals surface area contributed by atoms with Gasteiger partial charge in [-0.25, -0.2) is 0 Å². The van der Waals surface area contributed by atoms with Gasteiger partial charge in [-0.1, -0.05) is 0 Å². The van der Waals surface area contributed by atoms with Crippen molar-refractivity contribution in [3.63, 3.8) is 0 Å². The summed E-state index contributed by atoms with van der Waals surface area (Å²) in [6, 6.07) is 0. The van der Waals surface area contributed by atoms with Crippen LogP contribution in [0.25, 0.3) is 0 Å². The Morgan fingerprint density at radius 2 is 1.53 bits per heavy atom. The Morgan fingerprint density at radius 1 is 1.12 bits per heavy atom. The molecule has 1 atom stereocenters. The molecular formula is C7H13NO8S. The van der Waals surface area contributed by atoms with Gasteiger partial charge in [-0.05, 0) is 0 Å². The fourth-order valence-electron chi connectivity index (χ4n) is 1.05. The predicted molar refractivity (Wildman–Crippen MR) is 53.9 cm³/mol. The fraction of sp³-hybridized carbons (Fsp3) is 0.714. The van der Waals surface area contributed by atoms with Crippen molar-refractivity contribution in [2.75, 3.05) is 18.8 Å². The molecule has 0 aromatic carbocycles. The highest BCUT2D eigenvalue weighted by Crippen LogP contribution is 2.03. The van der Waals surface area contributed by atoms with Gasteiger partial charge >= 0.3 is 11.9 Å². The van der Waals surface area contributed by atoms with Crippen LogP contribution in [0.5, 0.6) is 0 Å². The molecule has 0 spiro atoms. The SMILES string of the molecule is O=C(O)CN(CC(=O)O)C(O)CCS(=O)(=O)O. The number of carboxylic acid groups (broad SMARTS) is 2. The number of carboxylic acids is 2. The maximum absolute atomic E-state index is 10.4. The van der Waals surface area contributed by atoms with E-state index in [0.29, 0.717) is 4.90 Å². The fourth-order valence-corrected chi connectivity index (χ4v) is 1.56. The van der Waals surface area contributed by atoms with E-state index in [1.807, 2.05) is 0 Å². The average Bonchev–Trinajstić information content (AvgIpc) is 2.10. The zero-order chi connectivity index (χ0) is 13.6.